The minimum absolute atomic E-state index is 0.0661. The van der Waals surface area contributed by atoms with Crippen LogP contribution in [0.15, 0.2) is 0 Å². The maximum absolute atomic E-state index is 12.7. The molecule has 0 N–H and O–H groups in total. The first-order valence-electron chi connectivity index (χ1n) is 21.7. The molecule has 6 heteroatoms. The Hall–Kier alpha value is -1.59. The Labute approximate surface area is 310 Å². The molecule has 6 nitrogen and oxygen atoms in total. The van der Waals surface area contributed by atoms with E-state index in [-0.39, 0.29) is 31.1 Å². The van der Waals surface area contributed by atoms with E-state index in [0.717, 1.165) is 69.6 Å². The number of hydrogen-bond donors (Lipinski definition) is 0. The normalized spacial score (nSPS) is 12.1. The predicted molar refractivity (Wildman–Crippen MR) is 210 cm³/mol. The van der Waals surface area contributed by atoms with Crippen molar-refractivity contribution in [3.8, 4) is 0 Å². The van der Waals surface area contributed by atoms with E-state index in [9.17, 15) is 14.4 Å². The zero-order valence-electron chi connectivity index (χ0n) is 34.0. The van der Waals surface area contributed by atoms with Gasteiger partial charge in [-0.15, -0.1) is 0 Å². The Morgan fingerprint density at radius 2 is 0.660 bits per heavy atom. The lowest BCUT2D eigenvalue weighted by molar-refractivity contribution is -0.167. The molecular weight excluding hydrogens is 624 g/mol. The number of hydrogen-bond acceptors (Lipinski definition) is 6. The molecule has 0 aromatic rings. The summed E-state index contributed by atoms with van der Waals surface area (Å²) >= 11 is 0. The van der Waals surface area contributed by atoms with E-state index in [1.54, 1.807) is 0 Å². The topological polar surface area (TPSA) is 78.9 Å². The molecule has 0 aliphatic heterocycles. The molecule has 0 unspecified atom stereocenters. The van der Waals surface area contributed by atoms with Gasteiger partial charge >= 0.3 is 17.9 Å². The molecule has 0 rings (SSSR count). The highest BCUT2D eigenvalue weighted by molar-refractivity contribution is 5.71. The fraction of sp³-hybridized carbons (Fsp3) is 0.932. The second kappa shape index (κ2) is 37.2. The lowest BCUT2D eigenvalue weighted by Crippen LogP contribution is -2.30. The number of esters is 3. The Balaban J connectivity index is 4.29. The SMILES string of the molecule is CCCCCCCCCC(=O)OC[C@@H](COC(=O)CCCCCCCCCCC(C)C)OC(=O)CCCCCCCCCCCCCC(C)C. The van der Waals surface area contributed by atoms with Gasteiger partial charge in [0, 0.05) is 19.3 Å². The number of ether oxygens (including phenoxy) is 3. The van der Waals surface area contributed by atoms with Crippen LogP contribution >= 0.6 is 0 Å². The summed E-state index contributed by atoms with van der Waals surface area (Å²) in [7, 11) is 0. The van der Waals surface area contributed by atoms with Crippen LogP contribution in [0.5, 0.6) is 0 Å². The molecule has 0 aromatic carbocycles. The number of carbonyl (C=O) groups excluding carboxylic acids is 3. The van der Waals surface area contributed by atoms with E-state index in [1.165, 1.54) is 122 Å². The van der Waals surface area contributed by atoms with Crippen molar-refractivity contribution < 1.29 is 28.6 Å². The molecule has 0 heterocycles. The highest BCUT2D eigenvalue weighted by Crippen LogP contribution is 2.16. The molecule has 0 amide bonds. The van der Waals surface area contributed by atoms with Gasteiger partial charge in [-0.25, -0.2) is 0 Å². The molecule has 1 atom stereocenters. The Bertz CT molecular complexity index is 764. The van der Waals surface area contributed by atoms with E-state index in [4.69, 9.17) is 14.2 Å². The lowest BCUT2D eigenvalue weighted by atomic mass is 10.0. The molecule has 0 fully saturated rings. The highest BCUT2D eigenvalue weighted by Gasteiger charge is 2.19. The van der Waals surface area contributed by atoms with Crippen molar-refractivity contribution in [3.05, 3.63) is 0 Å². The summed E-state index contributed by atoms with van der Waals surface area (Å²) in [6.07, 6.45) is 33.9. The molecule has 0 saturated heterocycles. The largest absolute Gasteiger partial charge is 0.462 e. The highest BCUT2D eigenvalue weighted by atomic mass is 16.6. The third-order valence-electron chi connectivity index (χ3n) is 9.72. The summed E-state index contributed by atoms with van der Waals surface area (Å²) in [5.74, 6) is 0.753. The van der Waals surface area contributed by atoms with Crippen LogP contribution in [0.1, 0.15) is 234 Å². The van der Waals surface area contributed by atoms with Crippen molar-refractivity contribution in [3.63, 3.8) is 0 Å². The van der Waals surface area contributed by atoms with Crippen molar-refractivity contribution in [2.75, 3.05) is 13.2 Å². The second-order valence-electron chi connectivity index (χ2n) is 15.9. The molecule has 0 radical (unpaired) electrons. The summed E-state index contributed by atoms with van der Waals surface area (Å²) in [4.78, 5) is 37.5. The van der Waals surface area contributed by atoms with Crippen LogP contribution in [-0.2, 0) is 28.6 Å². The standard InChI is InChI=1S/C44H84O6/c1-6-7-8-9-17-24-29-34-42(45)48-37-41(38-49-43(46)35-30-25-20-16-15-19-23-28-33-40(4)5)50-44(47)36-31-26-21-14-12-10-11-13-18-22-27-32-39(2)3/h39-41H,6-38H2,1-5H3/t41-/m0/s1. The molecular formula is C44H84O6. The molecule has 50 heavy (non-hydrogen) atoms. The fourth-order valence-electron chi connectivity index (χ4n) is 6.40. The maximum Gasteiger partial charge on any atom is 0.306 e. The second-order valence-corrected chi connectivity index (χ2v) is 15.9. The van der Waals surface area contributed by atoms with Gasteiger partial charge in [0.15, 0.2) is 6.10 Å². The minimum Gasteiger partial charge on any atom is -0.462 e. The number of carbonyl (C=O) groups is 3. The molecule has 0 bridgehead atoms. The quantitative estimate of drug-likeness (QED) is 0.0361. The minimum atomic E-state index is -0.759. The first-order chi connectivity index (χ1) is 24.2. The summed E-state index contributed by atoms with van der Waals surface area (Å²) in [5.41, 5.74) is 0. The summed E-state index contributed by atoms with van der Waals surface area (Å²) in [6, 6.07) is 0. The first kappa shape index (κ1) is 48.4. The molecule has 0 aromatic heterocycles. The zero-order valence-corrected chi connectivity index (χ0v) is 34.0. The van der Waals surface area contributed by atoms with Crippen molar-refractivity contribution >= 4 is 17.9 Å². The van der Waals surface area contributed by atoms with Gasteiger partial charge in [0.2, 0.25) is 0 Å². The van der Waals surface area contributed by atoms with Crippen LogP contribution in [0.2, 0.25) is 0 Å². The van der Waals surface area contributed by atoms with E-state index >= 15 is 0 Å². The van der Waals surface area contributed by atoms with Gasteiger partial charge in [0.25, 0.3) is 0 Å². The first-order valence-corrected chi connectivity index (χ1v) is 21.7. The van der Waals surface area contributed by atoms with Crippen molar-refractivity contribution in [2.45, 2.75) is 240 Å². The predicted octanol–water partition coefficient (Wildman–Crippen LogP) is 13.4. The van der Waals surface area contributed by atoms with Gasteiger partial charge in [0.1, 0.15) is 13.2 Å². The third-order valence-corrected chi connectivity index (χ3v) is 9.72. The lowest BCUT2D eigenvalue weighted by Gasteiger charge is -2.18. The molecule has 0 aliphatic rings. The number of unbranched alkanes of at least 4 members (excludes halogenated alkanes) is 23. The van der Waals surface area contributed by atoms with Gasteiger partial charge < -0.3 is 14.2 Å². The average molecular weight is 709 g/mol. The van der Waals surface area contributed by atoms with Gasteiger partial charge in [-0.2, -0.15) is 0 Å². The van der Waals surface area contributed by atoms with Crippen LogP contribution < -0.4 is 0 Å². The molecule has 0 spiro atoms. The van der Waals surface area contributed by atoms with E-state index in [0.29, 0.717) is 19.3 Å². The maximum atomic E-state index is 12.7. The molecule has 0 aliphatic carbocycles. The zero-order chi connectivity index (χ0) is 36.9. The number of rotatable bonds is 38. The van der Waals surface area contributed by atoms with E-state index in [1.807, 2.05) is 0 Å². The summed E-state index contributed by atoms with van der Waals surface area (Å²) in [6.45, 7) is 11.3. The Kier molecular flexibility index (Phi) is 36.0. The van der Waals surface area contributed by atoms with Crippen molar-refractivity contribution in [1.82, 2.24) is 0 Å². The monoisotopic (exact) mass is 709 g/mol. The van der Waals surface area contributed by atoms with Gasteiger partial charge in [-0.1, -0.05) is 195 Å². The van der Waals surface area contributed by atoms with E-state index < -0.39 is 6.10 Å². The van der Waals surface area contributed by atoms with E-state index in [2.05, 4.69) is 34.6 Å². The van der Waals surface area contributed by atoms with Crippen LogP contribution in [0, 0.1) is 11.8 Å². The average Bonchev–Trinajstić information content (AvgIpc) is 3.08. The third kappa shape index (κ3) is 37.7. The van der Waals surface area contributed by atoms with Crippen molar-refractivity contribution in [2.24, 2.45) is 11.8 Å². The molecule has 296 valence electrons. The van der Waals surface area contributed by atoms with Crippen LogP contribution in [0.25, 0.3) is 0 Å². The Morgan fingerprint density at radius 3 is 0.980 bits per heavy atom. The van der Waals surface area contributed by atoms with Gasteiger partial charge in [0.05, 0.1) is 0 Å². The van der Waals surface area contributed by atoms with Crippen LogP contribution in [0.4, 0.5) is 0 Å². The smallest absolute Gasteiger partial charge is 0.306 e. The summed E-state index contributed by atoms with van der Waals surface area (Å²) < 4.78 is 16.6. The van der Waals surface area contributed by atoms with Crippen LogP contribution in [0.3, 0.4) is 0 Å². The summed E-state index contributed by atoms with van der Waals surface area (Å²) in [5, 5.41) is 0. The van der Waals surface area contributed by atoms with Crippen LogP contribution in [-0.4, -0.2) is 37.2 Å². The molecule has 0 saturated carbocycles. The van der Waals surface area contributed by atoms with Gasteiger partial charge in [-0.05, 0) is 31.1 Å². The van der Waals surface area contributed by atoms with Gasteiger partial charge in [-0.3, -0.25) is 14.4 Å². The van der Waals surface area contributed by atoms with Crippen molar-refractivity contribution in [1.29, 1.82) is 0 Å². The fourth-order valence-corrected chi connectivity index (χ4v) is 6.40. The Morgan fingerprint density at radius 1 is 0.380 bits per heavy atom.